The lowest BCUT2D eigenvalue weighted by atomic mass is 10.1. The van der Waals surface area contributed by atoms with Crippen LogP contribution in [0.5, 0.6) is 0 Å². The fraction of sp³-hybridized carbons (Fsp3) is 0.462. The van der Waals surface area contributed by atoms with Gasteiger partial charge < -0.3 is 11.1 Å². The van der Waals surface area contributed by atoms with Gasteiger partial charge in [0.05, 0.1) is 6.26 Å². The molecule has 0 bridgehead atoms. The van der Waals surface area contributed by atoms with Crippen molar-refractivity contribution in [1.82, 2.24) is 4.72 Å². The van der Waals surface area contributed by atoms with Crippen LogP contribution in [0.4, 0.5) is 5.69 Å². The normalized spacial score (nSPS) is 12.4. The van der Waals surface area contributed by atoms with Crippen LogP contribution in [0.1, 0.15) is 17.5 Å². The zero-order valence-electron chi connectivity index (χ0n) is 12.1. The predicted octanol–water partition coefficient (Wildman–Crippen LogP) is 0.969. The van der Waals surface area contributed by atoms with Crippen molar-refractivity contribution in [2.75, 3.05) is 24.7 Å². The van der Waals surface area contributed by atoms with Gasteiger partial charge in [-0.25, -0.2) is 13.1 Å². The van der Waals surface area contributed by atoms with Gasteiger partial charge in [-0.15, -0.1) is 0 Å². The molecule has 112 valence electrons. The van der Waals surface area contributed by atoms with Crippen LogP contribution in [-0.4, -0.2) is 33.7 Å². The molecule has 0 fully saturated rings. The second kappa shape index (κ2) is 7.25. The summed E-state index contributed by atoms with van der Waals surface area (Å²) in [6, 6.07) is 6.05. The van der Waals surface area contributed by atoms with E-state index < -0.39 is 10.0 Å². The summed E-state index contributed by atoms with van der Waals surface area (Å²) >= 11 is 0. The van der Waals surface area contributed by atoms with Crippen molar-refractivity contribution in [2.24, 2.45) is 10.7 Å². The summed E-state index contributed by atoms with van der Waals surface area (Å²) < 4.78 is 24.1. The van der Waals surface area contributed by atoms with Crippen LogP contribution in [0.15, 0.2) is 23.2 Å². The average Bonchev–Trinajstić information content (AvgIpc) is 2.25. The Hall–Kier alpha value is -1.60. The summed E-state index contributed by atoms with van der Waals surface area (Å²) in [6.45, 7) is 4.86. The molecular formula is C13H22N4O2S. The van der Waals surface area contributed by atoms with Crippen molar-refractivity contribution in [3.63, 3.8) is 0 Å². The van der Waals surface area contributed by atoms with Crippen LogP contribution < -0.4 is 15.8 Å². The van der Waals surface area contributed by atoms with Crippen molar-refractivity contribution < 1.29 is 8.42 Å². The van der Waals surface area contributed by atoms with Crippen LogP contribution in [0.2, 0.25) is 0 Å². The number of nitrogens with zero attached hydrogens (tertiary/aromatic N) is 1. The highest BCUT2D eigenvalue weighted by Crippen LogP contribution is 2.13. The zero-order chi connectivity index (χ0) is 15.2. The molecule has 1 aromatic carbocycles. The Morgan fingerprint density at radius 1 is 1.25 bits per heavy atom. The molecule has 4 N–H and O–H groups in total. The monoisotopic (exact) mass is 298 g/mol. The largest absolute Gasteiger partial charge is 0.370 e. The molecule has 0 aromatic heterocycles. The minimum Gasteiger partial charge on any atom is -0.370 e. The molecule has 0 amide bonds. The summed E-state index contributed by atoms with van der Waals surface area (Å²) in [5.41, 5.74) is 8.98. The van der Waals surface area contributed by atoms with Crippen molar-refractivity contribution in [2.45, 2.75) is 20.3 Å². The second-order valence-corrected chi connectivity index (χ2v) is 6.62. The van der Waals surface area contributed by atoms with E-state index in [9.17, 15) is 8.42 Å². The van der Waals surface area contributed by atoms with Gasteiger partial charge in [0.25, 0.3) is 0 Å². The minimum atomic E-state index is -3.13. The summed E-state index contributed by atoms with van der Waals surface area (Å²) in [7, 11) is -3.13. The van der Waals surface area contributed by atoms with Crippen LogP contribution in [-0.2, 0) is 10.0 Å². The van der Waals surface area contributed by atoms with Crippen LogP contribution in [0.25, 0.3) is 0 Å². The molecule has 0 saturated carbocycles. The molecule has 0 spiro atoms. The Labute approximate surface area is 120 Å². The molecular weight excluding hydrogens is 276 g/mol. The van der Waals surface area contributed by atoms with Gasteiger partial charge in [-0.3, -0.25) is 4.99 Å². The van der Waals surface area contributed by atoms with Crippen molar-refractivity contribution in [1.29, 1.82) is 0 Å². The number of hydrogen-bond donors (Lipinski definition) is 3. The van der Waals surface area contributed by atoms with Crippen LogP contribution in [0, 0.1) is 13.8 Å². The first-order valence-electron chi connectivity index (χ1n) is 6.36. The highest BCUT2D eigenvalue weighted by molar-refractivity contribution is 7.88. The highest BCUT2D eigenvalue weighted by atomic mass is 32.2. The molecule has 1 aromatic rings. The Bertz CT molecular complexity index is 562. The van der Waals surface area contributed by atoms with Crippen molar-refractivity contribution >= 4 is 21.7 Å². The van der Waals surface area contributed by atoms with Crippen LogP contribution >= 0.6 is 0 Å². The van der Waals surface area contributed by atoms with E-state index in [-0.39, 0.29) is 0 Å². The number of hydrogen-bond acceptors (Lipinski definition) is 3. The third kappa shape index (κ3) is 7.10. The second-order valence-electron chi connectivity index (χ2n) is 4.79. The number of aliphatic imine (C=N–C) groups is 1. The summed E-state index contributed by atoms with van der Waals surface area (Å²) in [5, 5.41) is 3.02. The molecule has 20 heavy (non-hydrogen) atoms. The smallest absolute Gasteiger partial charge is 0.208 e. The fourth-order valence-corrected chi connectivity index (χ4v) is 2.29. The molecule has 0 radical (unpaired) electrons. The SMILES string of the molecule is Cc1cc(C)cc(NC(N)=NCCCNS(C)(=O)=O)c1. The lowest BCUT2D eigenvalue weighted by Crippen LogP contribution is -2.25. The maximum Gasteiger partial charge on any atom is 0.208 e. The van der Waals surface area contributed by atoms with E-state index in [0.29, 0.717) is 25.5 Å². The third-order valence-electron chi connectivity index (χ3n) is 2.48. The molecule has 0 saturated heterocycles. The van der Waals surface area contributed by atoms with Crippen LogP contribution in [0.3, 0.4) is 0 Å². The topological polar surface area (TPSA) is 96.6 Å². The van der Waals surface area contributed by atoms with E-state index in [1.54, 1.807) is 0 Å². The van der Waals surface area contributed by atoms with Gasteiger partial charge >= 0.3 is 0 Å². The number of nitrogens with one attached hydrogen (secondary N) is 2. The van der Waals surface area contributed by atoms with Gasteiger partial charge in [-0.2, -0.15) is 0 Å². The van der Waals surface area contributed by atoms with Crippen molar-refractivity contribution in [3.8, 4) is 0 Å². The van der Waals surface area contributed by atoms with E-state index in [0.717, 1.165) is 23.1 Å². The van der Waals surface area contributed by atoms with Gasteiger partial charge in [0.1, 0.15) is 0 Å². The Kier molecular flexibility index (Phi) is 5.97. The lowest BCUT2D eigenvalue weighted by Gasteiger charge is -2.08. The Morgan fingerprint density at radius 3 is 2.40 bits per heavy atom. The lowest BCUT2D eigenvalue weighted by molar-refractivity contribution is 0.586. The maximum atomic E-state index is 10.8. The summed E-state index contributed by atoms with van der Waals surface area (Å²) in [4.78, 5) is 4.15. The van der Waals surface area contributed by atoms with Gasteiger partial charge in [-0.1, -0.05) is 6.07 Å². The number of guanidine groups is 1. The predicted molar refractivity (Wildman–Crippen MR) is 83.5 cm³/mol. The quantitative estimate of drug-likeness (QED) is 0.414. The molecule has 0 unspecified atom stereocenters. The number of rotatable bonds is 6. The van der Waals surface area contributed by atoms with Gasteiger partial charge in [-0.05, 0) is 43.5 Å². The number of benzene rings is 1. The van der Waals surface area contributed by atoms with E-state index in [4.69, 9.17) is 5.73 Å². The maximum absolute atomic E-state index is 10.8. The standard InChI is InChI=1S/C13H22N4O2S/c1-10-7-11(2)9-12(8-10)17-13(14)15-5-4-6-16-20(3,18)19/h7-9,16H,4-6H2,1-3H3,(H3,14,15,17). The number of nitrogens with two attached hydrogens (primary N) is 1. The van der Waals surface area contributed by atoms with Gasteiger partial charge in [0.2, 0.25) is 10.0 Å². The first kappa shape index (κ1) is 16.5. The average molecular weight is 298 g/mol. The van der Waals surface area contributed by atoms with E-state index >= 15 is 0 Å². The molecule has 0 aliphatic heterocycles. The molecule has 6 nitrogen and oxygen atoms in total. The third-order valence-corrected chi connectivity index (χ3v) is 3.20. The molecule has 0 atom stereocenters. The molecule has 0 aliphatic rings. The summed E-state index contributed by atoms with van der Waals surface area (Å²) in [5.74, 6) is 0.328. The summed E-state index contributed by atoms with van der Waals surface area (Å²) in [6.07, 6.45) is 1.73. The molecule has 1 rings (SSSR count). The number of aryl methyl sites for hydroxylation is 2. The van der Waals surface area contributed by atoms with E-state index in [1.807, 2.05) is 26.0 Å². The first-order valence-corrected chi connectivity index (χ1v) is 8.25. The first-order chi connectivity index (χ1) is 9.26. The van der Waals surface area contributed by atoms with E-state index in [1.165, 1.54) is 0 Å². The Morgan fingerprint density at radius 2 is 1.85 bits per heavy atom. The molecule has 7 heteroatoms. The molecule has 0 heterocycles. The van der Waals surface area contributed by atoms with Gasteiger partial charge in [0.15, 0.2) is 5.96 Å². The fourth-order valence-electron chi connectivity index (χ4n) is 1.77. The van der Waals surface area contributed by atoms with E-state index in [2.05, 4.69) is 21.1 Å². The van der Waals surface area contributed by atoms with Gasteiger partial charge in [0, 0.05) is 18.8 Å². The minimum absolute atomic E-state index is 0.328. The zero-order valence-corrected chi connectivity index (χ0v) is 12.9. The van der Waals surface area contributed by atoms with Crippen molar-refractivity contribution in [3.05, 3.63) is 29.3 Å². The Balaban J connectivity index is 2.42. The number of sulfonamides is 1. The highest BCUT2D eigenvalue weighted by Gasteiger charge is 1.99. The number of anilines is 1. The molecule has 0 aliphatic carbocycles.